The Labute approximate surface area is 74.8 Å². The lowest BCUT2D eigenvalue weighted by Gasteiger charge is -2.13. The van der Waals surface area contributed by atoms with Gasteiger partial charge < -0.3 is 5.32 Å². The van der Waals surface area contributed by atoms with E-state index in [1.54, 1.807) is 0 Å². The summed E-state index contributed by atoms with van der Waals surface area (Å²) in [5.41, 5.74) is 1.41. The Bertz CT molecular complexity index is 216. The van der Waals surface area contributed by atoms with Gasteiger partial charge in [0.25, 0.3) is 0 Å². The van der Waals surface area contributed by atoms with Crippen LogP contribution in [0.15, 0.2) is 30.3 Å². The summed E-state index contributed by atoms with van der Waals surface area (Å²) in [6.45, 7) is 6.69. The van der Waals surface area contributed by atoms with Crippen molar-refractivity contribution in [2.75, 3.05) is 0 Å². The smallest absolute Gasteiger partial charge is 0.109 e. The van der Waals surface area contributed by atoms with Crippen LogP contribution in [0.25, 0.3) is 0 Å². The zero-order chi connectivity index (χ0) is 8.97. The predicted molar refractivity (Wildman–Crippen MR) is 51.9 cm³/mol. The molecule has 66 valence electrons. The van der Waals surface area contributed by atoms with E-state index in [1.807, 2.05) is 0 Å². The molecule has 0 saturated carbocycles. The molecule has 2 N–H and O–H groups in total. The van der Waals surface area contributed by atoms with Crippen LogP contribution in [0.5, 0.6) is 0 Å². The van der Waals surface area contributed by atoms with E-state index in [0.717, 1.165) is 0 Å². The van der Waals surface area contributed by atoms with Gasteiger partial charge in [-0.15, -0.1) is 0 Å². The molecule has 0 bridgehead atoms. The SMILES string of the molecule is CC(C)[NH2+][C@H](C)c1ccccc1. The molecule has 1 atom stereocenters. The molecule has 0 aromatic heterocycles. The van der Waals surface area contributed by atoms with Gasteiger partial charge in [0, 0.05) is 5.56 Å². The molecule has 0 heterocycles. The minimum absolute atomic E-state index is 0.575. The quantitative estimate of drug-likeness (QED) is 0.700. The average Bonchev–Trinajstić information content (AvgIpc) is 2.05. The fourth-order valence-corrected chi connectivity index (χ4v) is 1.45. The Morgan fingerprint density at radius 2 is 1.58 bits per heavy atom. The van der Waals surface area contributed by atoms with Gasteiger partial charge in [0.05, 0.1) is 6.04 Å². The van der Waals surface area contributed by atoms with Crippen molar-refractivity contribution in [1.82, 2.24) is 0 Å². The van der Waals surface area contributed by atoms with Crippen molar-refractivity contribution < 1.29 is 5.32 Å². The second-order valence-electron chi connectivity index (χ2n) is 3.64. The maximum absolute atomic E-state index is 2.37. The summed E-state index contributed by atoms with van der Waals surface area (Å²) < 4.78 is 0. The van der Waals surface area contributed by atoms with Crippen molar-refractivity contribution in [1.29, 1.82) is 0 Å². The standard InChI is InChI=1S/C11H17N/c1-9(2)12-10(3)11-7-5-4-6-8-11/h4-10,12H,1-3H3/p+1/t10-/m1/s1. The molecular formula is C11H18N+. The van der Waals surface area contributed by atoms with Crippen molar-refractivity contribution in [2.24, 2.45) is 0 Å². The Morgan fingerprint density at radius 1 is 1.00 bits per heavy atom. The Kier molecular flexibility index (Phi) is 3.30. The van der Waals surface area contributed by atoms with Crippen molar-refractivity contribution in [3.63, 3.8) is 0 Å². The van der Waals surface area contributed by atoms with E-state index in [-0.39, 0.29) is 0 Å². The zero-order valence-corrected chi connectivity index (χ0v) is 8.12. The summed E-state index contributed by atoms with van der Waals surface area (Å²) >= 11 is 0. The van der Waals surface area contributed by atoms with Gasteiger partial charge in [-0.3, -0.25) is 0 Å². The number of quaternary nitrogens is 1. The highest BCUT2D eigenvalue weighted by molar-refractivity contribution is 5.16. The van der Waals surface area contributed by atoms with Crippen LogP contribution >= 0.6 is 0 Å². The molecule has 1 aromatic rings. The summed E-state index contributed by atoms with van der Waals surface area (Å²) in [5.74, 6) is 0. The minimum Gasteiger partial charge on any atom is -0.338 e. The molecule has 12 heavy (non-hydrogen) atoms. The fraction of sp³-hybridized carbons (Fsp3) is 0.455. The third-order valence-corrected chi connectivity index (χ3v) is 2.00. The molecule has 0 fully saturated rings. The van der Waals surface area contributed by atoms with Gasteiger partial charge in [0.2, 0.25) is 0 Å². The highest BCUT2D eigenvalue weighted by Crippen LogP contribution is 2.06. The van der Waals surface area contributed by atoms with Gasteiger partial charge >= 0.3 is 0 Å². The maximum Gasteiger partial charge on any atom is 0.109 e. The number of rotatable bonds is 3. The molecule has 0 radical (unpaired) electrons. The predicted octanol–water partition coefficient (Wildman–Crippen LogP) is 1.72. The minimum atomic E-state index is 0.575. The Hall–Kier alpha value is -0.820. The summed E-state index contributed by atoms with van der Waals surface area (Å²) in [6.07, 6.45) is 0. The van der Waals surface area contributed by atoms with Gasteiger partial charge in [0.1, 0.15) is 6.04 Å². The molecule has 1 heteroatoms. The number of hydrogen-bond donors (Lipinski definition) is 1. The third-order valence-electron chi connectivity index (χ3n) is 2.00. The lowest BCUT2D eigenvalue weighted by atomic mass is 10.1. The molecule has 0 aliphatic carbocycles. The lowest BCUT2D eigenvalue weighted by Crippen LogP contribution is -2.88. The lowest BCUT2D eigenvalue weighted by molar-refractivity contribution is -0.719. The number of benzene rings is 1. The van der Waals surface area contributed by atoms with Crippen LogP contribution in [-0.4, -0.2) is 6.04 Å². The van der Waals surface area contributed by atoms with Crippen LogP contribution in [0.1, 0.15) is 32.4 Å². The van der Waals surface area contributed by atoms with E-state index >= 15 is 0 Å². The van der Waals surface area contributed by atoms with Gasteiger partial charge in [0.15, 0.2) is 0 Å². The molecule has 0 spiro atoms. The molecule has 1 aromatic carbocycles. The number of hydrogen-bond acceptors (Lipinski definition) is 0. The van der Waals surface area contributed by atoms with E-state index in [0.29, 0.717) is 12.1 Å². The van der Waals surface area contributed by atoms with Crippen LogP contribution in [0.4, 0.5) is 0 Å². The first-order valence-electron chi connectivity index (χ1n) is 4.60. The normalized spacial score (nSPS) is 13.3. The van der Waals surface area contributed by atoms with Gasteiger partial charge in [-0.05, 0) is 20.8 Å². The summed E-state index contributed by atoms with van der Waals surface area (Å²) in [4.78, 5) is 0. The van der Waals surface area contributed by atoms with Crippen molar-refractivity contribution in [3.05, 3.63) is 35.9 Å². The zero-order valence-electron chi connectivity index (χ0n) is 8.12. The molecule has 0 saturated heterocycles. The van der Waals surface area contributed by atoms with Gasteiger partial charge in [-0.25, -0.2) is 0 Å². The van der Waals surface area contributed by atoms with Crippen LogP contribution in [-0.2, 0) is 0 Å². The topological polar surface area (TPSA) is 16.6 Å². The Balaban J connectivity index is 2.59. The van der Waals surface area contributed by atoms with E-state index in [4.69, 9.17) is 0 Å². The van der Waals surface area contributed by atoms with Crippen LogP contribution in [0.3, 0.4) is 0 Å². The molecule has 0 amide bonds. The molecule has 1 rings (SSSR count). The van der Waals surface area contributed by atoms with E-state index in [9.17, 15) is 0 Å². The molecule has 0 unspecified atom stereocenters. The largest absolute Gasteiger partial charge is 0.338 e. The first-order valence-corrected chi connectivity index (χ1v) is 4.60. The molecule has 0 aliphatic heterocycles. The Morgan fingerprint density at radius 3 is 2.08 bits per heavy atom. The monoisotopic (exact) mass is 164 g/mol. The third kappa shape index (κ3) is 2.67. The highest BCUT2D eigenvalue weighted by Gasteiger charge is 2.08. The first-order chi connectivity index (χ1) is 5.70. The van der Waals surface area contributed by atoms with E-state index in [2.05, 4.69) is 56.4 Å². The molecular weight excluding hydrogens is 146 g/mol. The first kappa shape index (κ1) is 9.27. The van der Waals surface area contributed by atoms with Crippen molar-refractivity contribution in [2.45, 2.75) is 32.9 Å². The van der Waals surface area contributed by atoms with Crippen molar-refractivity contribution in [3.8, 4) is 0 Å². The summed E-state index contributed by atoms with van der Waals surface area (Å²) in [5, 5.41) is 2.37. The second kappa shape index (κ2) is 4.27. The molecule has 0 aliphatic rings. The molecule has 1 nitrogen and oxygen atoms in total. The second-order valence-corrected chi connectivity index (χ2v) is 3.64. The maximum atomic E-state index is 2.37. The van der Waals surface area contributed by atoms with Crippen molar-refractivity contribution >= 4 is 0 Å². The van der Waals surface area contributed by atoms with Crippen LogP contribution in [0.2, 0.25) is 0 Å². The van der Waals surface area contributed by atoms with Crippen LogP contribution in [0, 0.1) is 0 Å². The van der Waals surface area contributed by atoms with E-state index in [1.165, 1.54) is 5.56 Å². The van der Waals surface area contributed by atoms with Crippen LogP contribution < -0.4 is 5.32 Å². The summed E-state index contributed by atoms with van der Waals surface area (Å²) in [6, 6.07) is 11.9. The fourth-order valence-electron chi connectivity index (χ4n) is 1.45. The van der Waals surface area contributed by atoms with Gasteiger partial charge in [-0.2, -0.15) is 0 Å². The van der Waals surface area contributed by atoms with E-state index < -0.39 is 0 Å². The summed E-state index contributed by atoms with van der Waals surface area (Å²) in [7, 11) is 0. The van der Waals surface area contributed by atoms with Gasteiger partial charge in [-0.1, -0.05) is 30.3 Å². The average molecular weight is 164 g/mol. The highest BCUT2D eigenvalue weighted by atomic mass is 14.9. The number of nitrogens with two attached hydrogens (primary N) is 1.